The van der Waals surface area contributed by atoms with Crippen molar-refractivity contribution in [1.29, 1.82) is 0 Å². The standard InChI is InChI=1S/C13H19BrN2/c1-16(9-10-3-2-4-10)13-6-5-12(14)7-11(13)8-15/h5-7,10H,2-4,8-9,15H2,1H3. The fourth-order valence-corrected chi connectivity index (χ4v) is 2.66. The number of benzene rings is 1. The predicted octanol–water partition coefficient (Wildman–Crippen LogP) is 3.14. The number of nitrogens with zero attached hydrogens (tertiary/aromatic N) is 1. The van der Waals surface area contributed by atoms with Crippen LogP contribution in [0.15, 0.2) is 22.7 Å². The van der Waals surface area contributed by atoms with Crippen molar-refractivity contribution in [3.8, 4) is 0 Å². The molecule has 0 radical (unpaired) electrons. The molecule has 2 N–H and O–H groups in total. The number of halogens is 1. The van der Waals surface area contributed by atoms with Gasteiger partial charge < -0.3 is 10.6 Å². The van der Waals surface area contributed by atoms with Crippen LogP contribution in [0.4, 0.5) is 5.69 Å². The second kappa shape index (κ2) is 5.19. The first-order valence-corrected chi connectivity index (χ1v) is 6.69. The molecular weight excluding hydrogens is 264 g/mol. The molecule has 1 aromatic carbocycles. The van der Waals surface area contributed by atoms with Crippen LogP contribution >= 0.6 is 15.9 Å². The van der Waals surface area contributed by atoms with E-state index in [-0.39, 0.29) is 0 Å². The number of rotatable bonds is 4. The summed E-state index contributed by atoms with van der Waals surface area (Å²) in [5, 5.41) is 0. The molecule has 0 bridgehead atoms. The summed E-state index contributed by atoms with van der Waals surface area (Å²) in [7, 11) is 2.17. The van der Waals surface area contributed by atoms with Crippen molar-refractivity contribution in [3.63, 3.8) is 0 Å². The van der Waals surface area contributed by atoms with Gasteiger partial charge in [0, 0.05) is 30.3 Å². The van der Waals surface area contributed by atoms with Crippen molar-refractivity contribution in [3.05, 3.63) is 28.2 Å². The van der Waals surface area contributed by atoms with Crippen LogP contribution in [0, 0.1) is 5.92 Å². The largest absolute Gasteiger partial charge is 0.374 e. The van der Waals surface area contributed by atoms with Gasteiger partial charge in [0.1, 0.15) is 0 Å². The minimum Gasteiger partial charge on any atom is -0.374 e. The van der Waals surface area contributed by atoms with E-state index in [1.807, 2.05) is 0 Å². The monoisotopic (exact) mass is 282 g/mol. The van der Waals surface area contributed by atoms with Gasteiger partial charge in [-0.2, -0.15) is 0 Å². The lowest BCUT2D eigenvalue weighted by atomic mass is 9.85. The molecule has 0 amide bonds. The van der Waals surface area contributed by atoms with Crippen LogP contribution in [0.25, 0.3) is 0 Å². The topological polar surface area (TPSA) is 29.3 Å². The van der Waals surface area contributed by atoms with Gasteiger partial charge in [-0.05, 0) is 42.5 Å². The molecule has 0 unspecified atom stereocenters. The summed E-state index contributed by atoms with van der Waals surface area (Å²) in [5.41, 5.74) is 8.28. The van der Waals surface area contributed by atoms with Gasteiger partial charge in [-0.3, -0.25) is 0 Å². The summed E-state index contributed by atoms with van der Waals surface area (Å²) in [4.78, 5) is 2.35. The molecule has 0 saturated heterocycles. The Morgan fingerprint density at radius 3 is 2.75 bits per heavy atom. The van der Waals surface area contributed by atoms with E-state index in [2.05, 4.69) is 46.1 Å². The molecule has 2 rings (SSSR count). The van der Waals surface area contributed by atoms with Gasteiger partial charge in [0.25, 0.3) is 0 Å². The minimum absolute atomic E-state index is 0.601. The van der Waals surface area contributed by atoms with Crippen molar-refractivity contribution >= 4 is 21.6 Å². The number of nitrogens with two attached hydrogens (primary N) is 1. The Morgan fingerprint density at radius 2 is 2.19 bits per heavy atom. The Kier molecular flexibility index (Phi) is 3.87. The van der Waals surface area contributed by atoms with Crippen molar-refractivity contribution in [2.75, 3.05) is 18.5 Å². The SMILES string of the molecule is CN(CC1CCC1)c1ccc(Br)cc1CN. The molecule has 0 heterocycles. The van der Waals surface area contributed by atoms with Gasteiger partial charge in [-0.25, -0.2) is 0 Å². The van der Waals surface area contributed by atoms with Crippen LogP contribution < -0.4 is 10.6 Å². The van der Waals surface area contributed by atoms with Crippen molar-refractivity contribution in [1.82, 2.24) is 0 Å². The zero-order valence-corrected chi connectivity index (χ0v) is 11.3. The highest BCUT2D eigenvalue weighted by atomic mass is 79.9. The molecule has 16 heavy (non-hydrogen) atoms. The van der Waals surface area contributed by atoms with Gasteiger partial charge in [-0.15, -0.1) is 0 Å². The van der Waals surface area contributed by atoms with Gasteiger partial charge in [0.15, 0.2) is 0 Å². The maximum absolute atomic E-state index is 5.79. The molecule has 1 aromatic rings. The Hall–Kier alpha value is -0.540. The molecule has 3 heteroatoms. The highest BCUT2D eigenvalue weighted by Gasteiger charge is 2.20. The first-order chi connectivity index (χ1) is 7.70. The van der Waals surface area contributed by atoms with E-state index in [9.17, 15) is 0 Å². The third kappa shape index (κ3) is 2.58. The summed E-state index contributed by atoms with van der Waals surface area (Å²) >= 11 is 3.49. The van der Waals surface area contributed by atoms with Gasteiger partial charge >= 0.3 is 0 Å². The van der Waals surface area contributed by atoms with Crippen molar-refractivity contribution in [2.45, 2.75) is 25.8 Å². The van der Waals surface area contributed by atoms with E-state index in [1.54, 1.807) is 0 Å². The van der Waals surface area contributed by atoms with Crippen LogP contribution in [-0.4, -0.2) is 13.6 Å². The van der Waals surface area contributed by atoms with Crippen LogP contribution in [0.5, 0.6) is 0 Å². The quantitative estimate of drug-likeness (QED) is 0.919. The molecule has 0 aromatic heterocycles. The summed E-state index contributed by atoms with van der Waals surface area (Å²) in [6.45, 7) is 1.76. The molecule has 2 nitrogen and oxygen atoms in total. The average Bonchev–Trinajstić information content (AvgIpc) is 2.23. The molecule has 0 aliphatic heterocycles. The van der Waals surface area contributed by atoms with E-state index < -0.39 is 0 Å². The van der Waals surface area contributed by atoms with Crippen LogP contribution in [0.3, 0.4) is 0 Å². The summed E-state index contributed by atoms with van der Waals surface area (Å²) in [5.74, 6) is 0.888. The van der Waals surface area contributed by atoms with Crippen LogP contribution in [-0.2, 0) is 6.54 Å². The Bertz CT molecular complexity index is 361. The smallest absolute Gasteiger partial charge is 0.0410 e. The molecule has 1 saturated carbocycles. The van der Waals surface area contributed by atoms with E-state index in [0.717, 1.165) is 16.9 Å². The predicted molar refractivity (Wildman–Crippen MR) is 72.6 cm³/mol. The van der Waals surface area contributed by atoms with E-state index in [0.29, 0.717) is 6.54 Å². The maximum Gasteiger partial charge on any atom is 0.0410 e. The number of hydrogen-bond acceptors (Lipinski definition) is 2. The Labute approximate surface area is 106 Å². The summed E-state index contributed by atoms with van der Waals surface area (Å²) in [6.07, 6.45) is 4.18. The fraction of sp³-hybridized carbons (Fsp3) is 0.538. The molecule has 88 valence electrons. The molecular formula is C13H19BrN2. The van der Waals surface area contributed by atoms with Crippen LogP contribution in [0.1, 0.15) is 24.8 Å². The molecule has 1 aliphatic carbocycles. The number of hydrogen-bond donors (Lipinski definition) is 1. The number of anilines is 1. The second-order valence-corrected chi connectivity index (χ2v) is 5.57. The highest BCUT2D eigenvalue weighted by molar-refractivity contribution is 9.10. The lowest BCUT2D eigenvalue weighted by Gasteiger charge is -2.32. The first-order valence-electron chi connectivity index (χ1n) is 5.90. The lowest BCUT2D eigenvalue weighted by molar-refractivity contribution is 0.321. The van der Waals surface area contributed by atoms with E-state index >= 15 is 0 Å². The molecule has 1 fully saturated rings. The Balaban J connectivity index is 2.11. The Morgan fingerprint density at radius 1 is 1.44 bits per heavy atom. The van der Waals surface area contributed by atoms with Crippen molar-refractivity contribution < 1.29 is 0 Å². The minimum atomic E-state index is 0.601. The van der Waals surface area contributed by atoms with E-state index in [1.165, 1.54) is 30.5 Å². The maximum atomic E-state index is 5.79. The summed E-state index contributed by atoms with van der Waals surface area (Å²) in [6, 6.07) is 6.36. The zero-order valence-electron chi connectivity index (χ0n) is 9.75. The fourth-order valence-electron chi connectivity index (χ4n) is 2.25. The first kappa shape index (κ1) is 11.9. The third-order valence-electron chi connectivity index (χ3n) is 3.43. The zero-order chi connectivity index (χ0) is 11.5. The normalized spacial score (nSPS) is 15.9. The summed E-state index contributed by atoms with van der Waals surface area (Å²) < 4.78 is 1.11. The third-order valence-corrected chi connectivity index (χ3v) is 3.92. The average molecular weight is 283 g/mol. The van der Waals surface area contributed by atoms with Gasteiger partial charge in [0.05, 0.1) is 0 Å². The second-order valence-electron chi connectivity index (χ2n) is 4.65. The van der Waals surface area contributed by atoms with E-state index in [4.69, 9.17) is 5.73 Å². The van der Waals surface area contributed by atoms with Crippen molar-refractivity contribution in [2.24, 2.45) is 11.7 Å². The van der Waals surface area contributed by atoms with Crippen LogP contribution in [0.2, 0.25) is 0 Å². The molecule has 1 aliphatic rings. The lowest BCUT2D eigenvalue weighted by Crippen LogP contribution is -2.30. The van der Waals surface area contributed by atoms with Gasteiger partial charge in [0.2, 0.25) is 0 Å². The molecule has 0 atom stereocenters. The molecule has 0 spiro atoms. The highest BCUT2D eigenvalue weighted by Crippen LogP contribution is 2.30. The van der Waals surface area contributed by atoms with Gasteiger partial charge in [-0.1, -0.05) is 22.4 Å².